The van der Waals surface area contributed by atoms with Crippen molar-refractivity contribution in [3.05, 3.63) is 59.7 Å². The maximum absolute atomic E-state index is 13.8. The van der Waals surface area contributed by atoms with E-state index in [9.17, 15) is 4.79 Å². The van der Waals surface area contributed by atoms with Crippen LogP contribution in [0.15, 0.2) is 48.5 Å². The van der Waals surface area contributed by atoms with Gasteiger partial charge in [0.2, 0.25) is 5.91 Å². The van der Waals surface area contributed by atoms with Gasteiger partial charge in [-0.3, -0.25) is 4.79 Å². The number of ether oxygens (including phenoxy) is 1. The Hall–Kier alpha value is -2.33. The third kappa shape index (κ3) is 2.02. The van der Waals surface area contributed by atoms with E-state index in [0.717, 1.165) is 41.9 Å². The number of hydrogen-bond acceptors (Lipinski definition) is 3. The minimum absolute atomic E-state index is 0.125. The second kappa shape index (κ2) is 6.44. The van der Waals surface area contributed by atoms with Crippen molar-refractivity contribution in [2.24, 2.45) is 0 Å². The molecule has 0 saturated carbocycles. The number of likely N-dealkylation sites (N-methyl/N-ethyl adjacent to an activating group) is 1. The van der Waals surface area contributed by atoms with Gasteiger partial charge in [0, 0.05) is 42.7 Å². The van der Waals surface area contributed by atoms with Gasteiger partial charge in [-0.2, -0.15) is 0 Å². The molecule has 2 aliphatic heterocycles. The van der Waals surface area contributed by atoms with Crippen LogP contribution in [0.25, 0.3) is 0 Å². The van der Waals surface area contributed by atoms with Crippen LogP contribution in [0.4, 0.5) is 11.4 Å². The number of carbonyl (C=O) groups is 1. The quantitative estimate of drug-likeness (QED) is 0.819. The molecule has 136 valence electrons. The fraction of sp³-hybridized carbons (Fsp3) is 0.409. The zero-order chi connectivity index (χ0) is 18.3. The van der Waals surface area contributed by atoms with Crippen molar-refractivity contribution in [1.29, 1.82) is 0 Å². The highest BCUT2D eigenvalue weighted by Gasteiger charge is 2.63. The van der Waals surface area contributed by atoms with Gasteiger partial charge in [-0.1, -0.05) is 49.7 Å². The molecule has 4 nitrogen and oxygen atoms in total. The molecular weight excluding hydrogens is 324 g/mol. The van der Waals surface area contributed by atoms with Crippen molar-refractivity contribution in [3.8, 4) is 0 Å². The van der Waals surface area contributed by atoms with E-state index in [0.29, 0.717) is 6.54 Å². The summed E-state index contributed by atoms with van der Waals surface area (Å²) in [5.41, 5.74) is 3.47. The van der Waals surface area contributed by atoms with Gasteiger partial charge >= 0.3 is 0 Å². The predicted octanol–water partition coefficient (Wildman–Crippen LogP) is 3.93. The Morgan fingerprint density at radius 3 is 2.23 bits per heavy atom. The Morgan fingerprint density at radius 1 is 1.00 bits per heavy atom. The summed E-state index contributed by atoms with van der Waals surface area (Å²) in [6.07, 6.45) is 1.85. The number of unbranched alkanes of at least 4 members (excludes halogenated alkanes) is 1. The normalized spacial score (nSPS) is 23.7. The van der Waals surface area contributed by atoms with E-state index in [1.165, 1.54) is 0 Å². The van der Waals surface area contributed by atoms with Gasteiger partial charge in [0.1, 0.15) is 5.41 Å². The number of rotatable bonds is 5. The number of benzene rings is 2. The third-order valence-corrected chi connectivity index (χ3v) is 5.79. The molecule has 2 aromatic carbocycles. The lowest BCUT2D eigenvalue weighted by atomic mass is 9.75. The lowest BCUT2D eigenvalue weighted by molar-refractivity contribution is -0.125. The van der Waals surface area contributed by atoms with Gasteiger partial charge in [-0.15, -0.1) is 0 Å². The number of hydrogen-bond donors (Lipinski definition) is 0. The molecule has 1 spiro atoms. The van der Waals surface area contributed by atoms with Crippen LogP contribution in [0.2, 0.25) is 0 Å². The Labute approximate surface area is 155 Å². The van der Waals surface area contributed by atoms with Gasteiger partial charge in [0.05, 0.1) is 0 Å². The van der Waals surface area contributed by atoms with E-state index in [-0.39, 0.29) is 12.1 Å². The first-order chi connectivity index (χ1) is 12.7. The second-order valence-corrected chi connectivity index (χ2v) is 7.03. The predicted molar refractivity (Wildman–Crippen MR) is 105 cm³/mol. The van der Waals surface area contributed by atoms with Crippen LogP contribution in [-0.4, -0.2) is 32.3 Å². The fourth-order valence-electron chi connectivity index (χ4n) is 4.71. The standard InChI is InChI=1S/C22H26N2O2/c1-4-6-15-24-19-14-10-8-12-17(19)22(21(24)26-3)16-11-7-9-13-18(16)23(5-2)20(22)25/h7-14,21H,4-6,15H2,1-3H3/t21-,22?/m1/s1. The van der Waals surface area contributed by atoms with E-state index < -0.39 is 5.41 Å². The van der Waals surface area contributed by atoms with E-state index in [1.807, 2.05) is 36.1 Å². The minimum atomic E-state index is -0.786. The summed E-state index contributed by atoms with van der Waals surface area (Å²) in [6, 6.07) is 16.5. The number of carbonyl (C=O) groups excluding carboxylic acids is 1. The summed E-state index contributed by atoms with van der Waals surface area (Å²) >= 11 is 0. The number of para-hydroxylation sites is 2. The highest BCUT2D eigenvalue weighted by molar-refractivity contribution is 6.13. The average Bonchev–Trinajstić information content (AvgIpc) is 3.11. The Balaban J connectivity index is 1.99. The molecule has 0 saturated heterocycles. The lowest BCUT2D eigenvalue weighted by Crippen LogP contribution is -2.53. The molecule has 1 unspecified atom stereocenters. The molecule has 2 aromatic rings. The van der Waals surface area contributed by atoms with Crippen LogP contribution in [0.3, 0.4) is 0 Å². The average molecular weight is 350 g/mol. The van der Waals surface area contributed by atoms with Crippen molar-refractivity contribution in [1.82, 2.24) is 0 Å². The molecule has 2 atom stereocenters. The Kier molecular flexibility index (Phi) is 4.23. The van der Waals surface area contributed by atoms with Crippen LogP contribution < -0.4 is 9.80 Å². The molecule has 26 heavy (non-hydrogen) atoms. The maximum Gasteiger partial charge on any atom is 0.246 e. The molecule has 0 radical (unpaired) electrons. The zero-order valence-corrected chi connectivity index (χ0v) is 15.7. The summed E-state index contributed by atoms with van der Waals surface area (Å²) in [5, 5.41) is 0. The van der Waals surface area contributed by atoms with Crippen LogP contribution in [-0.2, 0) is 14.9 Å². The molecular formula is C22H26N2O2. The molecule has 4 heteroatoms. The maximum atomic E-state index is 13.8. The topological polar surface area (TPSA) is 32.8 Å². The molecule has 0 aromatic heterocycles. The zero-order valence-electron chi connectivity index (χ0n) is 15.7. The summed E-state index contributed by atoms with van der Waals surface area (Å²) in [6.45, 7) is 5.76. The van der Waals surface area contributed by atoms with Gasteiger partial charge in [-0.05, 0) is 25.5 Å². The highest BCUT2D eigenvalue weighted by Crippen LogP contribution is 2.56. The van der Waals surface area contributed by atoms with Crippen LogP contribution in [0, 0.1) is 0 Å². The molecule has 2 heterocycles. The number of anilines is 2. The lowest BCUT2D eigenvalue weighted by Gasteiger charge is -2.34. The summed E-state index contributed by atoms with van der Waals surface area (Å²) in [5.74, 6) is 0.125. The molecule has 0 fully saturated rings. The first-order valence-corrected chi connectivity index (χ1v) is 9.52. The Bertz CT molecular complexity index is 834. The van der Waals surface area contributed by atoms with Crippen molar-refractivity contribution < 1.29 is 9.53 Å². The number of amides is 1. The molecule has 2 aliphatic rings. The van der Waals surface area contributed by atoms with Gasteiger partial charge in [0.15, 0.2) is 6.23 Å². The molecule has 0 N–H and O–H groups in total. The summed E-state index contributed by atoms with van der Waals surface area (Å²) in [7, 11) is 1.72. The third-order valence-electron chi connectivity index (χ3n) is 5.79. The summed E-state index contributed by atoms with van der Waals surface area (Å²) in [4.78, 5) is 18.0. The van der Waals surface area contributed by atoms with E-state index in [2.05, 4.69) is 36.1 Å². The number of methoxy groups -OCH3 is 1. The summed E-state index contributed by atoms with van der Waals surface area (Å²) < 4.78 is 6.04. The SMILES string of the molecule is CCCCN1c2ccccc2C2(C(=O)N(CC)c3ccccc32)[C@H]1OC. The molecule has 0 aliphatic carbocycles. The van der Waals surface area contributed by atoms with E-state index >= 15 is 0 Å². The Morgan fingerprint density at radius 2 is 1.62 bits per heavy atom. The van der Waals surface area contributed by atoms with Crippen LogP contribution >= 0.6 is 0 Å². The second-order valence-electron chi connectivity index (χ2n) is 7.03. The first kappa shape index (κ1) is 17.1. The smallest absolute Gasteiger partial charge is 0.246 e. The molecule has 0 bridgehead atoms. The monoisotopic (exact) mass is 350 g/mol. The minimum Gasteiger partial charge on any atom is -0.360 e. The van der Waals surface area contributed by atoms with E-state index in [4.69, 9.17) is 4.74 Å². The molecule has 1 amide bonds. The largest absolute Gasteiger partial charge is 0.360 e. The number of fused-ring (bicyclic) bond motifs is 4. The van der Waals surface area contributed by atoms with Gasteiger partial charge in [0.25, 0.3) is 0 Å². The van der Waals surface area contributed by atoms with Crippen molar-refractivity contribution in [3.63, 3.8) is 0 Å². The number of nitrogens with zero attached hydrogens (tertiary/aromatic N) is 2. The molecule has 4 rings (SSSR count). The van der Waals surface area contributed by atoms with Crippen LogP contribution in [0.5, 0.6) is 0 Å². The van der Waals surface area contributed by atoms with Crippen molar-refractivity contribution in [2.75, 3.05) is 30.0 Å². The fourth-order valence-corrected chi connectivity index (χ4v) is 4.71. The van der Waals surface area contributed by atoms with Crippen molar-refractivity contribution >= 4 is 17.3 Å². The van der Waals surface area contributed by atoms with E-state index in [1.54, 1.807) is 7.11 Å². The van der Waals surface area contributed by atoms with Crippen molar-refractivity contribution in [2.45, 2.75) is 38.3 Å². The first-order valence-electron chi connectivity index (χ1n) is 9.52. The van der Waals surface area contributed by atoms with Crippen LogP contribution in [0.1, 0.15) is 37.8 Å². The van der Waals surface area contributed by atoms with Gasteiger partial charge in [-0.25, -0.2) is 0 Å². The highest BCUT2D eigenvalue weighted by atomic mass is 16.5. The van der Waals surface area contributed by atoms with Gasteiger partial charge < -0.3 is 14.5 Å².